The number of carbonyl (C=O) groups is 1. The van der Waals surface area contributed by atoms with Crippen LogP contribution in [-0.2, 0) is 6.54 Å². The third-order valence-corrected chi connectivity index (χ3v) is 7.22. The number of rotatable bonds is 6. The minimum absolute atomic E-state index is 0.0139. The largest absolute Gasteiger partial charge is 0.332 e. The standard InChI is InChI=1S/C23H24N6O2/c30-23-15-3-1-2-4-16(15)29-12-25-20(21(29)17-9-10-28(17)23)22-26-18(27-31-22)11-24-19(13-5-6-13)14-7-8-14/h1-4,12-14,17,19,24H,5-11H2/t17-/m0/s1. The monoisotopic (exact) mass is 416 g/mol. The summed E-state index contributed by atoms with van der Waals surface area (Å²) in [5.41, 5.74) is 3.20. The molecular formula is C23H24N6O2. The van der Waals surface area contributed by atoms with Crippen molar-refractivity contribution in [1.29, 1.82) is 0 Å². The van der Waals surface area contributed by atoms with Crippen molar-refractivity contribution < 1.29 is 9.32 Å². The SMILES string of the molecule is O=C1c2ccccc2-n2cnc(-c3nc(CNC(C4CC4)C4CC4)no3)c2[C@@H]2CCN12. The lowest BCUT2D eigenvalue weighted by atomic mass is 9.97. The van der Waals surface area contributed by atoms with Gasteiger partial charge in [0, 0.05) is 12.6 Å². The minimum Gasteiger partial charge on any atom is -0.332 e. The van der Waals surface area contributed by atoms with E-state index in [1.54, 1.807) is 6.33 Å². The van der Waals surface area contributed by atoms with Crippen LogP contribution in [0.2, 0.25) is 0 Å². The van der Waals surface area contributed by atoms with Crippen LogP contribution < -0.4 is 5.32 Å². The second-order valence-corrected chi connectivity index (χ2v) is 9.27. The van der Waals surface area contributed by atoms with Gasteiger partial charge in [-0.1, -0.05) is 17.3 Å². The number of benzene rings is 1. The van der Waals surface area contributed by atoms with E-state index in [1.807, 2.05) is 33.7 Å². The highest BCUT2D eigenvalue weighted by Crippen LogP contribution is 2.45. The minimum atomic E-state index is -0.0139. The van der Waals surface area contributed by atoms with E-state index in [-0.39, 0.29) is 11.9 Å². The van der Waals surface area contributed by atoms with Crippen molar-refractivity contribution in [3.05, 3.63) is 47.7 Å². The maximum absolute atomic E-state index is 13.0. The number of imidazole rings is 1. The van der Waals surface area contributed by atoms with Crippen molar-refractivity contribution in [2.75, 3.05) is 6.54 Å². The summed E-state index contributed by atoms with van der Waals surface area (Å²) in [4.78, 5) is 24.2. The smallest absolute Gasteiger partial charge is 0.278 e. The summed E-state index contributed by atoms with van der Waals surface area (Å²) in [6.45, 7) is 1.37. The molecule has 31 heavy (non-hydrogen) atoms. The Hall–Kier alpha value is -3.00. The zero-order valence-electron chi connectivity index (χ0n) is 17.2. The van der Waals surface area contributed by atoms with E-state index in [0.29, 0.717) is 35.6 Å². The maximum atomic E-state index is 13.0. The molecule has 7 rings (SSSR count). The van der Waals surface area contributed by atoms with Crippen molar-refractivity contribution >= 4 is 5.91 Å². The van der Waals surface area contributed by atoms with E-state index in [0.717, 1.165) is 36.2 Å². The molecule has 3 fully saturated rings. The molecule has 8 heteroatoms. The molecule has 2 aliphatic carbocycles. The molecule has 1 saturated heterocycles. The van der Waals surface area contributed by atoms with Crippen molar-refractivity contribution in [2.45, 2.75) is 50.7 Å². The second-order valence-electron chi connectivity index (χ2n) is 9.27. The quantitative estimate of drug-likeness (QED) is 0.664. The van der Waals surface area contributed by atoms with Gasteiger partial charge >= 0.3 is 0 Å². The van der Waals surface area contributed by atoms with Crippen molar-refractivity contribution in [2.24, 2.45) is 11.8 Å². The van der Waals surface area contributed by atoms with Gasteiger partial charge in [0.1, 0.15) is 6.33 Å². The zero-order chi connectivity index (χ0) is 20.5. The van der Waals surface area contributed by atoms with Gasteiger partial charge in [0.15, 0.2) is 11.5 Å². The van der Waals surface area contributed by atoms with Crippen LogP contribution in [0.5, 0.6) is 0 Å². The van der Waals surface area contributed by atoms with Gasteiger partial charge in [-0.05, 0) is 56.1 Å². The Balaban J connectivity index is 1.21. The number of nitrogens with zero attached hydrogens (tertiary/aromatic N) is 5. The van der Waals surface area contributed by atoms with E-state index in [4.69, 9.17) is 4.52 Å². The lowest BCUT2D eigenvalue weighted by Gasteiger charge is -2.39. The molecule has 0 bridgehead atoms. The number of hydrogen-bond donors (Lipinski definition) is 1. The summed E-state index contributed by atoms with van der Waals surface area (Å²) in [5, 5.41) is 7.89. The Kier molecular flexibility index (Phi) is 3.70. The highest BCUT2D eigenvalue weighted by atomic mass is 16.5. The first kappa shape index (κ1) is 17.7. The van der Waals surface area contributed by atoms with Crippen LogP contribution in [0.1, 0.15) is 60.0 Å². The topological polar surface area (TPSA) is 89.1 Å². The van der Waals surface area contributed by atoms with Crippen molar-refractivity contribution in [3.63, 3.8) is 0 Å². The summed E-state index contributed by atoms with van der Waals surface area (Å²) >= 11 is 0. The number of nitrogens with one attached hydrogen (secondary N) is 1. The Morgan fingerprint density at radius 1 is 1.13 bits per heavy atom. The van der Waals surface area contributed by atoms with Crippen LogP contribution in [0, 0.1) is 11.8 Å². The Labute approximate surface area is 179 Å². The second kappa shape index (κ2) is 6.50. The summed E-state index contributed by atoms with van der Waals surface area (Å²) in [6.07, 6.45) is 8.03. The Morgan fingerprint density at radius 3 is 2.68 bits per heavy atom. The fraction of sp³-hybridized carbons (Fsp3) is 0.478. The van der Waals surface area contributed by atoms with Gasteiger partial charge in [0.05, 0.1) is 29.5 Å². The predicted octanol–water partition coefficient (Wildman–Crippen LogP) is 3.10. The molecule has 2 aliphatic heterocycles. The zero-order valence-corrected chi connectivity index (χ0v) is 17.2. The fourth-order valence-corrected chi connectivity index (χ4v) is 5.23. The molecule has 2 saturated carbocycles. The third kappa shape index (κ3) is 2.77. The molecule has 3 aromatic rings. The molecule has 0 radical (unpaired) electrons. The molecule has 1 atom stereocenters. The van der Waals surface area contributed by atoms with Gasteiger partial charge in [-0.25, -0.2) is 4.98 Å². The van der Waals surface area contributed by atoms with Gasteiger partial charge in [0.25, 0.3) is 11.8 Å². The van der Waals surface area contributed by atoms with E-state index < -0.39 is 0 Å². The van der Waals surface area contributed by atoms with Gasteiger partial charge < -0.3 is 14.7 Å². The summed E-state index contributed by atoms with van der Waals surface area (Å²) < 4.78 is 7.66. The number of amides is 1. The molecule has 8 nitrogen and oxygen atoms in total. The van der Waals surface area contributed by atoms with Crippen LogP contribution in [0.3, 0.4) is 0 Å². The van der Waals surface area contributed by atoms with Gasteiger partial charge in [-0.3, -0.25) is 9.36 Å². The molecule has 2 aromatic heterocycles. The normalized spacial score (nSPS) is 22.0. The van der Waals surface area contributed by atoms with Crippen LogP contribution in [0.4, 0.5) is 0 Å². The lowest BCUT2D eigenvalue weighted by molar-refractivity contribution is 0.0461. The highest BCUT2D eigenvalue weighted by Gasteiger charge is 2.43. The third-order valence-electron chi connectivity index (χ3n) is 7.22. The molecule has 1 amide bonds. The number of hydrogen-bond acceptors (Lipinski definition) is 6. The van der Waals surface area contributed by atoms with E-state index in [2.05, 4.69) is 20.4 Å². The van der Waals surface area contributed by atoms with Crippen LogP contribution in [0.15, 0.2) is 35.1 Å². The molecule has 4 heterocycles. The average Bonchev–Trinajstić information content (AvgIpc) is 3.68. The van der Waals surface area contributed by atoms with E-state index >= 15 is 0 Å². The first-order valence-electron chi connectivity index (χ1n) is 11.3. The Morgan fingerprint density at radius 2 is 1.94 bits per heavy atom. The Bertz CT molecular complexity index is 1160. The number of aromatic nitrogens is 4. The maximum Gasteiger partial charge on any atom is 0.278 e. The fourth-order valence-electron chi connectivity index (χ4n) is 5.23. The molecule has 0 spiro atoms. The van der Waals surface area contributed by atoms with Crippen molar-refractivity contribution in [3.8, 4) is 17.3 Å². The average molecular weight is 416 g/mol. The van der Waals surface area contributed by atoms with Crippen molar-refractivity contribution in [1.82, 2.24) is 29.9 Å². The summed E-state index contributed by atoms with van der Waals surface area (Å²) in [7, 11) is 0. The molecule has 1 N–H and O–H groups in total. The molecule has 4 aliphatic rings. The molecule has 158 valence electrons. The van der Waals surface area contributed by atoms with Gasteiger partial charge in [-0.15, -0.1) is 0 Å². The number of carbonyl (C=O) groups excluding carboxylic acids is 1. The molecule has 1 aromatic carbocycles. The molecular weight excluding hydrogens is 392 g/mol. The summed E-state index contributed by atoms with van der Waals surface area (Å²) in [6, 6.07) is 8.28. The van der Waals surface area contributed by atoms with Crippen LogP contribution in [-0.4, -0.2) is 43.1 Å². The van der Waals surface area contributed by atoms with E-state index in [1.165, 1.54) is 25.7 Å². The first-order chi connectivity index (χ1) is 15.3. The summed E-state index contributed by atoms with van der Waals surface area (Å²) in [5.74, 6) is 2.82. The predicted molar refractivity (Wildman–Crippen MR) is 111 cm³/mol. The first-order valence-corrected chi connectivity index (χ1v) is 11.3. The van der Waals surface area contributed by atoms with Crippen LogP contribution >= 0.6 is 0 Å². The number of fused-ring (bicyclic) bond motifs is 5. The van der Waals surface area contributed by atoms with Crippen LogP contribution in [0.25, 0.3) is 17.3 Å². The highest BCUT2D eigenvalue weighted by molar-refractivity contribution is 5.99. The van der Waals surface area contributed by atoms with E-state index in [9.17, 15) is 4.79 Å². The van der Waals surface area contributed by atoms with Gasteiger partial charge in [-0.2, -0.15) is 4.98 Å². The lowest BCUT2D eigenvalue weighted by Crippen LogP contribution is -2.44. The molecule has 0 unspecified atom stereocenters. The van der Waals surface area contributed by atoms with Gasteiger partial charge in [0.2, 0.25) is 0 Å². The number of para-hydroxylation sites is 1.